The monoisotopic (exact) mass is 485 g/mol. The minimum Gasteiger partial charge on any atom is -0.345 e. The summed E-state index contributed by atoms with van der Waals surface area (Å²) in [6.07, 6.45) is 6.54. The van der Waals surface area contributed by atoms with Crippen molar-refractivity contribution in [2.75, 3.05) is 13.3 Å². The number of rotatable bonds is 8. The van der Waals surface area contributed by atoms with Crippen LogP contribution in [0.2, 0.25) is 0 Å². The van der Waals surface area contributed by atoms with Crippen molar-refractivity contribution in [3.05, 3.63) is 36.2 Å². The number of allylic oxidation sites excluding steroid dienone is 3. The number of hydrogen-bond acceptors (Lipinski definition) is 7. The fourth-order valence-corrected chi connectivity index (χ4v) is 7.56. The largest absolute Gasteiger partial charge is 0.488 e. The quantitative estimate of drug-likeness (QED) is 0.424. The first kappa shape index (κ1) is 25.7. The summed E-state index contributed by atoms with van der Waals surface area (Å²) in [6.45, 7) is 12.5. The van der Waals surface area contributed by atoms with E-state index in [0.717, 1.165) is 11.3 Å². The SMILES string of the molecule is C=C1C=C(C)C=CN1C1CC(C)(COP(=O)(O)OP(=O)(O)OP(C)(=O)O)C(C)C1C. The number of phosphoric ester groups is 1. The van der Waals surface area contributed by atoms with E-state index in [-0.39, 0.29) is 24.5 Å². The van der Waals surface area contributed by atoms with Gasteiger partial charge in [-0.1, -0.05) is 27.4 Å². The molecular formula is C17H30NO9P3. The van der Waals surface area contributed by atoms with E-state index in [1.807, 2.05) is 39.1 Å². The Morgan fingerprint density at radius 2 is 1.80 bits per heavy atom. The van der Waals surface area contributed by atoms with Gasteiger partial charge in [-0.15, -0.1) is 0 Å². The predicted octanol–water partition coefficient (Wildman–Crippen LogP) is 4.39. The molecule has 0 radical (unpaired) electrons. The summed E-state index contributed by atoms with van der Waals surface area (Å²) in [5, 5.41) is 0. The molecule has 10 nitrogen and oxygen atoms in total. The Hall–Kier alpha value is -0.530. The third-order valence-corrected chi connectivity index (χ3v) is 9.91. The zero-order chi connectivity index (χ0) is 23.1. The highest BCUT2D eigenvalue weighted by Gasteiger charge is 2.50. The lowest BCUT2D eigenvalue weighted by molar-refractivity contribution is 0.0848. The topological polar surface area (TPSA) is 143 Å². The van der Waals surface area contributed by atoms with Gasteiger partial charge in [0.05, 0.1) is 6.61 Å². The van der Waals surface area contributed by atoms with Crippen LogP contribution in [0.4, 0.5) is 0 Å². The second-order valence-electron chi connectivity index (χ2n) is 8.35. The van der Waals surface area contributed by atoms with Crippen LogP contribution in [0, 0.1) is 17.3 Å². The molecule has 7 unspecified atom stereocenters. The van der Waals surface area contributed by atoms with Gasteiger partial charge in [0.2, 0.25) is 0 Å². The molecule has 1 aliphatic carbocycles. The Morgan fingerprint density at radius 3 is 2.33 bits per heavy atom. The van der Waals surface area contributed by atoms with E-state index in [1.54, 1.807) is 0 Å². The van der Waals surface area contributed by atoms with Crippen LogP contribution >= 0.6 is 23.2 Å². The molecule has 1 aliphatic heterocycles. The van der Waals surface area contributed by atoms with Crippen LogP contribution in [0.1, 0.15) is 34.1 Å². The summed E-state index contributed by atoms with van der Waals surface area (Å²) in [6, 6.07) is 0.0772. The van der Waals surface area contributed by atoms with Gasteiger partial charge in [0.25, 0.3) is 0 Å². The van der Waals surface area contributed by atoms with Crippen molar-refractivity contribution in [1.82, 2.24) is 4.90 Å². The first-order valence-corrected chi connectivity index (χ1v) is 14.3. The summed E-state index contributed by atoms with van der Waals surface area (Å²) in [7, 11) is -14.7. The minimum absolute atomic E-state index is 0.0705. The molecule has 1 heterocycles. The van der Waals surface area contributed by atoms with Crippen molar-refractivity contribution >= 4 is 23.2 Å². The fourth-order valence-electron chi connectivity index (χ4n) is 3.95. The van der Waals surface area contributed by atoms with Gasteiger partial charge < -0.3 is 19.6 Å². The highest BCUT2D eigenvalue weighted by atomic mass is 31.3. The second-order valence-corrected chi connectivity index (χ2v) is 13.4. The van der Waals surface area contributed by atoms with Crippen LogP contribution in [0.3, 0.4) is 0 Å². The Bertz CT molecular complexity index is 895. The van der Waals surface area contributed by atoms with E-state index in [9.17, 15) is 23.5 Å². The zero-order valence-corrected chi connectivity index (χ0v) is 20.3. The lowest BCUT2D eigenvalue weighted by Gasteiger charge is -2.34. The van der Waals surface area contributed by atoms with Gasteiger partial charge >= 0.3 is 23.2 Å². The third kappa shape index (κ3) is 6.49. The molecule has 0 aromatic heterocycles. The van der Waals surface area contributed by atoms with Crippen molar-refractivity contribution in [3.8, 4) is 0 Å². The standard InChI is InChI=1S/C17H30NO9P3/c1-12-7-8-18(13(2)9-12)16-10-17(5,15(4)14(16)3)11-25-29(21,22)27-30(23,24)26-28(6,19)20/h7-9,14-16H,2,10-11H2,1,3-6H3,(H,19,20)(H,21,22)(H,23,24). The molecule has 2 rings (SSSR count). The Kier molecular flexibility index (Phi) is 7.53. The van der Waals surface area contributed by atoms with Crippen molar-refractivity contribution in [2.45, 2.75) is 40.2 Å². The first-order chi connectivity index (χ1) is 13.4. The molecular weight excluding hydrogens is 455 g/mol. The van der Waals surface area contributed by atoms with Crippen LogP contribution in [0.15, 0.2) is 36.2 Å². The summed E-state index contributed by atoms with van der Waals surface area (Å²) < 4.78 is 48.1. The van der Waals surface area contributed by atoms with E-state index >= 15 is 0 Å². The molecule has 0 saturated heterocycles. The van der Waals surface area contributed by atoms with Crippen molar-refractivity contribution in [2.24, 2.45) is 17.3 Å². The maximum Gasteiger partial charge on any atom is 0.488 e. The fraction of sp³-hybridized carbons (Fsp3) is 0.647. The smallest absolute Gasteiger partial charge is 0.345 e. The van der Waals surface area contributed by atoms with Crippen molar-refractivity contribution in [1.29, 1.82) is 0 Å². The van der Waals surface area contributed by atoms with Crippen molar-refractivity contribution in [3.63, 3.8) is 0 Å². The van der Waals surface area contributed by atoms with E-state index in [4.69, 9.17) is 9.42 Å². The molecule has 2 aliphatic rings. The van der Waals surface area contributed by atoms with Gasteiger partial charge in [-0.05, 0) is 48.3 Å². The third-order valence-electron chi connectivity index (χ3n) is 5.77. The summed E-state index contributed by atoms with van der Waals surface area (Å²) in [4.78, 5) is 30.4. The number of nitrogens with zero attached hydrogens (tertiary/aromatic N) is 1. The second kappa shape index (κ2) is 8.78. The van der Waals surface area contributed by atoms with Crippen LogP contribution < -0.4 is 0 Å². The normalized spacial score (nSPS) is 35.5. The molecule has 7 atom stereocenters. The Balaban J connectivity index is 2.08. The van der Waals surface area contributed by atoms with E-state index in [0.29, 0.717) is 13.1 Å². The number of hydrogen-bond donors (Lipinski definition) is 3. The maximum atomic E-state index is 12.2. The minimum atomic E-state index is -5.28. The molecule has 0 aromatic rings. The maximum absolute atomic E-state index is 12.2. The lowest BCUT2D eigenvalue weighted by atomic mass is 9.79. The lowest BCUT2D eigenvalue weighted by Crippen LogP contribution is -2.33. The van der Waals surface area contributed by atoms with Crippen LogP contribution in [0.25, 0.3) is 0 Å². The molecule has 3 N–H and O–H groups in total. The first-order valence-electron chi connectivity index (χ1n) is 9.31. The van der Waals surface area contributed by atoms with Crippen molar-refractivity contribution < 1.29 is 41.5 Å². The summed E-state index contributed by atoms with van der Waals surface area (Å²) >= 11 is 0. The zero-order valence-electron chi connectivity index (χ0n) is 17.7. The van der Waals surface area contributed by atoms with E-state index < -0.39 is 28.7 Å². The molecule has 30 heavy (non-hydrogen) atoms. The highest BCUT2D eigenvalue weighted by molar-refractivity contribution is 7.68. The number of phosphoric acid groups is 2. The van der Waals surface area contributed by atoms with Crippen LogP contribution in [-0.4, -0.2) is 38.9 Å². The molecule has 1 fully saturated rings. The van der Waals surface area contributed by atoms with Crippen LogP contribution in [0.5, 0.6) is 0 Å². The molecule has 0 spiro atoms. The van der Waals surface area contributed by atoms with Gasteiger partial charge in [0, 0.05) is 24.6 Å². The van der Waals surface area contributed by atoms with Gasteiger partial charge in [-0.25, -0.2) is 13.4 Å². The van der Waals surface area contributed by atoms with Crippen LogP contribution in [-0.2, 0) is 26.8 Å². The van der Waals surface area contributed by atoms with Gasteiger partial charge in [0.1, 0.15) is 0 Å². The molecule has 1 saturated carbocycles. The Labute approximate surface area is 177 Å². The molecule has 172 valence electrons. The Morgan fingerprint density at radius 1 is 1.20 bits per heavy atom. The average molecular weight is 485 g/mol. The summed E-state index contributed by atoms with van der Waals surface area (Å²) in [5.41, 5.74) is 1.40. The van der Waals surface area contributed by atoms with E-state index in [1.165, 1.54) is 0 Å². The summed E-state index contributed by atoms with van der Waals surface area (Å²) in [5.74, 6) is 0.264. The average Bonchev–Trinajstić information content (AvgIpc) is 2.75. The highest BCUT2D eigenvalue weighted by Crippen LogP contribution is 2.67. The predicted molar refractivity (Wildman–Crippen MR) is 112 cm³/mol. The molecule has 0 aromatic carbocycles. The molecule has 13 heteroatoms. The van der Waals surface area contributed by atoms with Gasteiger partial charge in [0.15, 0.2) is 0 Å². The molecule has 0 bridgehead atoms. The van der Waals surface area contributed by atoms with Gasteiger partial charge in [-0.3, -0.25) is 9.09 Å². The molecule has 0 amide bonds. The van der Waals surface area contributed by atoms with Gasteiger partial charge in [-0.2, -0.15) is 4.31 Å². The van der Waals surface area contributed by atoms with E-state index in [2.05, 4.69) is 27.0 Å².